The molecule has 0 aliphatic rings. The van der Waals surface area contributed by atoms with Crippen LogP contribution in [0.25, 0.3) is 0 Å². The van der Waals surface area contributed by atoms with Crippen molar-refractivity contribution in [1.82, 2.24) is 20.2 Å². The van der Waals surface area contributed by atoms with E-state index in [1.54, 1.807) is 31.2 Å². The lowest BCUT2D eigenvalue weighted by Crippen LogP contribution is -2.14. The van der Waals surface area contributed by atoms with Crippen molar-refractivity contribution in [1.29, 1.82) is 0 Å². The highest BCUT2D eigenvalue weighted by atomic mass is 32.2. The van der Waals surface area contributed by atoms with Crippen molar-refractivity contribution in [3.63, 3.8) is 0 Å². The van der Waals surface area contributed by atoms with E-state index in [-0.39, 0.29) is 22.4 Å². The molecule has 0 atom stereocenters. The summed E-state index contributed by atoms with van der Waals surface area (Å²) in [7, 11) is 1.30. The molecule has 1 amide bonds. The summed E-state index contributed by atoms with van der Waals surface area (Å²) in [4.78, 5) is 41.8. The molecule has 10 nitrogen and oxygen atoms in total. The van der Waals surface area contributed by atoms with Crippen LogP contribution in [-0.4, -0.2) is 44.9 Å². The number of aromatic nitrogens is 4. The Morgan fingerprint density at radius 1 is 1.20 bits per heavy atom. The van der Waals surface area contributed by atoms with Crippen LogP contribution in [0.4, 0.5) is 5.69 Å². The van der Waals surface area contributed by atoms with Crippen molar-refractivity contribution < 1.29 is 18.7 Å². The van der Waals surface area contributed by atoms with Crippen LogP contribution in [0.5, 0.6) is 0 Å². The van der Waals surface area contributed by atoms with Gasteiger partial charge in [-0.3, -0.25) is 9.59 Å². The SMILES string of the molecule is COC(=O)c1ccc(NC(=O)CSc2nnc(CSc3nc(C)cc(=O)[nH]3)o2)cc1. The first kappa shape index (κ1) is 21.6. The molecular weight excluding hydrogens is 430 g/mol. The Bertz CT molecular complexity index is 1100. The van der Waals surface area contributed by atoms with Crippen molar-refractivity contribution in [3.8, 4) is 0 Å². The molecule has 12 heteroatoms. The minimum absolute atomic E-state index is 0.0697. The Morgan fingerprint density at radius 3 is 2.67 bits per heavy atom. The Balaban J connectivity index is 1.47. The summed E-state index contributed by atoms with van der Waals surface area (Å²) in [6, 6.07) is 7.75. The molecule has 0 unspecified atom stereocenters. The normalized spacial score (nSPS) is 10.6. The fraction of sp³-hybridized carbons (Fsp3) is 0.222. The molecule has 2 aromatic heterocycles. The van der Waals surface area contributed by atoms with Gasteiger partial charge in [-0.25, -0.2) is 9.78 Å². The standard InChI is InChI=1S/C18H17N5O5S2/c1-10-7-13(24)21-17(19-10)29-9-15-22-23-18(28-15)30-8-14(25)20-12-5-3-11(4-6-12)16(26)27-2/h3-7H,8-9H2,1-2H3,(H,20,25)(H,19,21,24). The number of benzene rings is 1. The molecule has 30 heavy (non-hydrogen) atoms. The number of aryl methyl sites for hydroxylation is 1. The van der Waals surface area contributed by atoms with Gasteiger partial charge in [0.1, 0.15) is 0 Å². The number of aromatic amines is 1. The third-order valence-electron chi connectivity index (χ3n) is 3.55. The van der Waals surface area contributed by atoms with Gasteiger partial charge in [-0.2, -0.15) is 0 Å². The van der Waals surface area contributed by atoms with Gasteiger partial charge in [-0.1, -0.05) is 23.5 Å². The number of H-pyrrole nitrogens is 1. The lowest BCUT2D eigenvalue weighted by molar-refractivity contribution is -0.113. The van der Waals surface area contributed by atoms with Crippen LogP contribution < -0.4 is 10.9 Å². The second kappa shape index (κ2) is 10.1. The number of anilines is 1. The molecule has 0 saturated carbocycles. The van der Waals surface area contributed by atoms with Crippen molar-refractivity contribution >= 4 is 41.1 Å². The number of carbonyl (C=O) groups excluding carboxylic acids is 2. The summed E-state index contributed by atoms with van der Waals surface area (Å²) in [5.41, 5.74) is 1.34. The predicted octanol–water partition coefficient (Wildman–Crippen LogP) is 2.27. The van der Waals surface area contributed by atoms with Crippen LogP contribution in [0.2, 0.25) is 0 Å². The Labute approximate surface area is 179 Å². The maximum absolute atomic E-state index is 12.1. The van der Waals surface area contributed by atoms with E-state index in [0.717, 1.165) is 11.8 Å². The summed E-state index contributed by atoms with van der Waals surface area (Å²) in [6.07, 6.45) is 0. The largest absolute Gasteiger partial charge is 0.465 e. The lowest BCUT2D eigenvalue weighted by atomic mass is 10.2. The van der Waals surface area contributed by atoms with Crippen LogP contribution in [0.3, 0.4) is 0 Å². The molecule has 0 aliphatic heterocycles. The lowest BCUT2D eigenvalue weighted by Gasteiger charge is -2.05. The molecule has 0 radical (unpaired) electrons. The van der Waals surface area contributed by atoms with Gasteiger partial charge >= 0.3 is 5.97 Å². The molecular formula is C18H17N5O5S2. The van der Waals surface area contributed by atoms with Crippen molar-refractivity contribution in [3.05, 3.63) is 57.8 Å². The number of nitrogens with zero attached hydrogens (tertiary/aromatic N) is 3. The first-order chi connectivity index (χ1) is 14.4. The van der Waals surface area contributed by atoms with Crippen molar-refractivity contribution in [2.75, 3.05) is 18.2 Å². The summed E-state index contributed by atoms with van der Waals surface area (Å²) >= 11 is 2.36. The average molecular weight is 447 g/mol. The zero-order valence-corrected chi connectivity index (χ0v) is 17.6. The smallest absolute Gasteiger partial charge is 0.337 e. The highest BCUT2D eigenvalue weighted by molar-refractivity contribution is 7.99. The number of hydrogen-bond acceptors (Lipinski definition) is 10. The molecule has 3 rings (SSSR count). The molecule has 1 aromatic carbocycles. The number of nitrogens with one attached hydrogen (secondary N) is 2. The van der Waals surface area contributed by atoms with Gasteiger partial charge < -0.3 is 19.5 Å². The maximum atomic E-state index is 12.1. The highest BCUT2D eigenvalue weighted by Crippen LogP contribution is 2.21. The van der Waals surface area contributed by atoms with Gasteiger partial charge in [0.05, 0.1) is 24.2 Å². The second-order valence-corrected chi connectivity index (χ2v) is 7.74. The van der Waals surface area contributed by atoms with Gasteiger partial charge in [-0.15, -0.1) is 10.2 Å². The highest BCUT2D eigenvalue weighted by Gasteiger charge is 2.12. The van der Waals surface area contributed by atoms with Gasteiger partial charge in [0.15, 0.2) is 5.16 Å². The zero-order valence-electron chi connectivity index (χ0n) is 16.0. The molecule has 2 N–H and O–H groups in total. The molecule has 0 fully saturated rings. The molecule has 0 spiro atoms. The van der Waals surface area contributed by atoms with Gasteiger partial charge in [0.25, 0.3) is 10.8 Å². The third kappa shape index (κ3) is 6.19. The van der Waals surface area contributed by atoms with Crippen LogP contribution in [0, 0.1) is 6.92 Å². The number of hydrogen-bond donors (Lipinski definition) is 2. The van der Waals surface area contributed by atoms with Crippen LogP contribution in [0.1, 0.15) is 21.9 Å². The Kier molecular flexibility index (Phi) is 7.25. The number of amides is 1. The van der Waals surface area contributed by atoms with Gasteiger partial charge in [0, 0.05) is 17.4 Å². The number of carbonyl (C=O) groups is 2. The summed E-state index contributed by atoms with van der Waals surface area (Å²) < 4.78 is 10.1. The molecule has 3 aromatic rings. The third-order valence-corrected chi connectivity index (χ3v) is 5.22. The van der Waals surface area contributed by atoms with Crippen LogP contribution in [-0.2, 0) is 15.3 Å². The van der Waals surface area contributed by atoms with Gasteiger partial charge in [-0.05, 0) is 31.2 Å². The van der Waals surface area contributed by atoms with E-state index in [9.17, 15) is 14.4 Å². The number of ether oxygens (including phenoxy) is 1. The number of methoxy groups -OCH3 is 1. The fourth-order valence-corrected chi connectivity index (χ4v) is 3.58. The average Bonchev–Trinajstić information content (AvgIpc) is 3.18. The van der Waals surface area contributed by atoms with Crippen LogP contribution >= 0.6 is 23.5 Å². The maximum Gasteiger partial charge on any atom is 0.337 e. The Morgan fingerprint density at radius 2 is 1.97 bits per heavy atom. The van der Waals surface area contributed by atoms with Crippen molar-refractivity contribution in [2.45, 2.75) is 23.1 Å². The summed E-state index contributed by atoms with van der Waals surface area (Å²) in [5, 5.41) is 11.2. The van der Waals surface area contributed by atoms with Crippen LogP contribution in [0.15, 0.2) is 49.9 Å². The minimum atomic E-state index is -0.446. The number of rotatable bonds is 8. The van der Waals surface area contributed by atoms with E-state index < -0.39 is 5.97 Å². The van der Waals surface area contributed by atoms with Gasteiger partial charge in [0.2, 0.25) is 11.8 Å². The second-order valence-electron chi connectivity index (χ2n) is 5.85. The summed E-state index contributed by atoms with van der Waals surface area (Å²) in [5.74, 6) is 0.0455. The molecule has 156 valence electrons. The zero-order chi connectivity index (χ0) is 21.5. The first-order valence-corrected chi connectivity index (χ1v) is 10.5. The Hall–Kier alpha value is -3.12. The minimum Gasteiger partial charge on any atom is -0.465 e. The topological polar surface area (TPSA) is 140 Å². The molecule has 2 heterocycles. The first-order valence-electron chi connectivity index (χ1n) is 8.57. The van der Waals surface area contributed by atoms with Crippen molar-refractivity contribution in [2.24, 2.45) is 0 Å². The number of esters is 1. The monoisotopic (exact) mass is 447 g/mol. The van der Waals surface area contributed by atoms with E-state index in [4.69, 9.17) is 4.42 Å². The molecule has 0 bridgehead atoms. The van der Waals surface area contributed by atoms with E-state index in [1.165, 1.54) is 24.9 Å². The fourth-order valence-electron chi connectivity index (χ4n) is 2.24. The summed E-state index contributed by atoms with van der Waals surface area (Å²) in [6.45, 7) is 1.74. The molecule has 0 aliphatic carbocycles. The van der Waals surface area contributed by atoms with E-state index in [2.05, 4.69) is 30.2 Å². The predicted molar refractivity (Wildman–Crippen MR) is 111 cm³/mol. The number of thioether (sulfide) groups is 2. The quantitative estimate of drug-likeness (QED) is 0.300. The van der Waals surface area contributed by atoms with E-state index in [1.807, 2.05) is 0 Å². The molecule has 0 saturated heterocycles. The van der Waals surface area contributed by atoms with E-state index >= 15 is 0 Å². The van der Waals surface area contributed by atoms with E-state index in [0.29, 0.717) is 33.7 Å².